The molecule has 3 N–H and O–H groups in total. The molecule has 0 aliphatic heterocycles. The summed E-state index contributed by atoms with van der Waals surface area (Å²) in [5, 5.41) is 0. The van der Waals surface area contributed by atoms with Crippen LogP contribution >= 0.6 is 0 Å². The van der Waals surface area contributed by atoms with Gasteiger partial charge in [-0.3, -0.25) is 0 Å². The van der Waals surface area contributed by atoms with Gasteiger partial charge in [0.2, 0.25) is 0 Å². The van der Waals surface area contributed by atoms with Crippen molar-refractivity contribution < 1.29 is 4.74 Å². The van der Waals surface area contributed by atoms with Gasteiger partial charge in [-0.2, -0.15) is 0 Å². The molecule has 0 amide bonds. The lowest BCUT2D eigenvalue weighted by Crippen LogP contribution is -2.05. The average Bonchev–Trinajstić information content (AvgIpc) is 2.81. The highest BCUT2D eigenvalue weighted by Crippen LogP contribution is 2.19. The van der Waals surface area contributed by atoms with Crippen molar-refractivity contribution in [3.63, 3.8) is 0 Å². The molecule has 0 unspecified atom stereocenters. The lowest BCUT2D eigenvalue weighted by Gasteiger charge is -2.09. The van der Waals surface area contributed by atoms with Crippen LogP contribution in [0, 0.1) is 0 Å². The Morgan fingerprint density at radius 1 is 1.12 bits per heavy atom. The molecule has 0 aliphatic rings. The highest BCUT2D eigenvalue weighted by Gasteiger charge is 2.02. The highest BCUT2D eigenvalue weighted by atomic mass is 16.5. The number of hydrogen-bond acceptors (Lipinski definition) is 2. The lowest BCUT2D eigenvalue weighted by molar-refractivity contribution is 0.299. The summed E-state index contributed by atoms with van der Waals surface area (Å²) in [5.41, 5.74) is 7.79. The van der Waals surface area contributed by atoms with Crippen LogP contribution in [-0.2, 0) is 13.0 Å². The normalized spacial score (nSPS) is 10.3. The molecule has 3 heteroatoms. The maximum atomic E-state index is 5.75. The van der Waals surface area contributed by atoms with Crippen LogP contribution in [0.25, 0.3) is 0 Å². The molecular formula is C13H16N2O. The van der Waals surface area contributed by atoms with Crippen LogP contribution in [0.3, 0.4) is 0 Å². The van der Waals surface area contributed by atoms with E-state index in [0.717, 1.165) is 23.4 Å². The minimum Gasteiger partial charge on any atom is -0.487 e. The van der Waals surface area contributed by atoms with Crippen LogP contribution < -0.4 is 10.5 Å². The predicted molar refractivity (Wildman–Crippen MR) is 64.3 cm³/mol. The van der Waals surface area contributed by atoms with E-state index in [4.69, 9.17) is 10.5 Å². The lowest BCUT2D eigenvalue weighted by atomic mass is 10.1. The van der Waals surface area contributed by atoms with Crippen molar-refractivity contribution in [3.05, 3.63) is 53.9 Å². The van der Waals surface area contributed by atoms with Gasteiger partial charge in [-0.1, -0.05) is 18.2 Å². The third-order valence-electron chi connectivity index (χ3n) is 2.43. The maximum Gasteiger partial charge on any atom is 0.128 e. The van der Waals surface area contributed by atoms with Crippen LogP contribution in [0.4, 0.5) is 0 Å². The summed E-state index contributed by atoms with van der Waals surface area (Å²) in [6.45, 7) is 1.21. The molecule has 1 aromatic heterocycles. The molecule has 16 heavy (non-hydrogen) atoms. The van der Waals surface area contributed by atoms with E-state index in [1.165, 1.54) is 0 Å². The fourth-order valence-electron chi connectivity index (χ4n) is 1.62. The van der Waals surface area contributed by atoms with Gasteiger partial charge in [0.05, 0.1) is 5.69 Å². The van der Waals surface area contributed by atoms with Crippen molar-refractivity contribution in [2.45, 2.75) is 13.0 Å². The largest absolute Gasteiger partial charge is 0.487 e. The number of nitrogens with two attached hydrogens (primary N) is 1. The Bertz CT molecular complexity index is 423. The summed E-state index contributed by atoms with van der Waals surface area (Å²) in [6, 6.07) is 12.0. The maximum absolute atomic E-state index is 5.75. The van der Waals surface area contributed by atoms with Crippen molar-refractivity contribution in [3.8, 4) is 5.75 Å². The fraction of sp³-hybridized carbons (Fsp3) is 0.231. The van der Waals surface area contributed by atoms with E-state index < -0.39 is 0 Å². The van der Waals surface area contributed by atoms with Gasteiger partial charge in [-0.15, -0.1) is 0 Å². The number of H-pyrrole nitrogens is 1. The number of benzene rings is 1. The molecule has 0 saturated heterocycles. The zero-order valence-electron chi connectivity index (χ0n) is 9.15. The van der Waals surface area contributed by atoms with E-state index in [-0.39, 0.29) is 0 Å². The summed E-state index contributed by atoms with van der Waals surface area (Å²) in [5.74, 6) is 0.919. The first kappa shape index (κ1) is 10.8. The summed E-state index contributed by atoms with van der Waals surface area (Å²) < 4.78 is 5.75. The SMILES string of the molecule is NCCc1ccccc1OCc1ccc[nH]1. The van der Waals surface area contributed by atoms with Crippen molar-refractivity contribution in [1.29, 1.82) is 0 Å². The first-order valence-corrected chi connectivity index (χ1v) is 5.43. The van der Waals surface area contributed by atoms with Crippen molar-refractivity contribution in [2.75, 3.05) is 6.54 Å². The predicted octanol–water partition coefficient (Wildman–Crippen LogP) is 2.09. The summed E-state index contributed by atoms with van der Waals surface area (Å²) in [6.07, 6.45) is 2.74. The minimum absolute atomic E-state index is 0.564. The molecule has 84 valence electrons. The Balaban J connectivity index is 2.03. The van der Waals surface area contributed by atoms with E-state index >= 15 is 0 Å². The molecule has 1 aromatic carbocycles. The van der Waals surface area contributed by atoms with Gasteiger partial charge >= 0.3 is 0 Å². The molecule has 3 nitrogen and oxygen atoms in total. The molecule has 0 aliphatic carbocycles. The second-order valence-electron chi connectivity index (χ2n) is 3.63. The second kappa shape index (κ2) is 5.37. The van der Waals surface area contributed by atoms with Crippen LogP contribution in [0.2, 0.25) is 0 Å². The molecule has 1 heterocycles. The van der Waals surface area contributed by atoms with Crippen molar-refractivity contribution >= 4 is 0 Å². The number of hydrogen-bond donors (Lipinski definition) is 2. The van der Waals surface area contributed by atoms with Gasteiger partial charge in [0.25, 0.3) is 0 Å². The van der Waals surface area contributed by atoms with E-state index in [1.54, 1.807) is 0 Å². The minimum atomic E-state index is 0.564. The fourth-order valence-corrected chi connectivity index (χ4v) is 1.62. The van der Waals surface area contributed by atoms with E-state index in [9.17, 15) is 0 Å². The number of nitrogens with one attached hydrogen (secondary N) is 1. The third kappa shape index (κ3) is 2.64. The number of rotatable bonds is 5. The van der Waals surface area contributed by atoms with Crippen molar-refractivity contribution in [2.24, 2.45) is 5.73 Å². The van der Waals surface area contributed by atoms with Crippen LogP contribution in [-0.4, -0.2) is 11.5 Å². The van der Waals surface area contributed by atoms with Crippen LogP contribution in [0.5, 0.6) is 5.75 Å². The first-order valence-electron chi connectivity index (χ1n) is 5.43. The summed E-state index contributed by atoms with van der Waals surface area (Å²) >= 11 is 0. The van der Waals surface area contributed by atoms with E-state index in [0.29, 0.717) is 13.2 Å². The number of para-hydroxylation sites is 1. The molecule has 0 spiro atoms. The van der Waals surface area contributed by atoms with Crippen molar-refractivity contribution in [1.82, 2.24) is 4.98 Å². The van der Waals surface area contributed by atoms with Crippen LogP contribution in [0.15, 0.2) is 42.6 Å². The molecule has 0 radical (unpaired) electrons. The zero-order chi connectivity index (χ0) is 11.2. The monoisotopic (exact) mass is 216 g/mol. The molecule has 0 atom stereocenters. The summed E-state index contributed by atoms with van der Waals surface area (Å²) in [4.78, 5) is 3.11. The van der Waals surface area contributed by atoms with Gasteiger partial charge in [0.15, 0.2) is 0 Å². The number of aromatic amines is 1. The van der Waals surface area contributed by atoms with Gasteiger partial charge < -0.3 is 15.5 Å². The smallest absolute Gasteiger partial charge is 0.128 e. The van der Waals surface area contributed by atoms with E-state index in [1.807, 2.05) is 36.5 Å². The molecule has 2 rings (SSSR count). The molecule has 2 aromatic rings. The highest BCUT2D eigenvalue weighted by molar-refractivity contribution is 5.33. The molecule has 0 saturated carbocycles. The van der Waals surface area contributed by atoms with Gasteiger partial charge in [0, 0.05) is 6.20 Å². The summed E-state index contributed by atoms with van der Waals surface area (Å²) in [7, 11) is 0. The van der Waals surface area contributed by atoms with Gasteiger partial charge in [-0.05, 0) is 36.7 Å². The average molecular weight is 216 g/mol. The third-order valence-corrected chi connectivity index (χ3v) is 2.43. The topological polar surface area (TPSA) is 51.0 Å². The molecular weight excluding hydrogens is 200 g/mol. The second-order valence-corrected chi connectivity index (χ2v) is 3.63. The number of ether oxygens (including phenoxy) is 1. The molecule has 0 bridgehead atoms. The quantitative estimate of drug-likeness (QED) is 0.804. The Morgan fingerprint density at radius 2 is 2.00 bits per heavy atom. The van der Waals surface area contributed by atoms with Gasteiger partial charge in [0.1, 0.15) is 12.4 Å². The Kier molecular flexibility index (Phi) is 3.62. The Hall–Kier alpha value is -1.74. The molecule has 0 fully saturated rings. The first-order chi connectivity index (χ1) is 7.90. The Morgan fingerprint density at radius 3 is 2.75 bits per heavy atom. The van der Waals surface area contributed by atoms with E-state index in [2.05, 4.69) is 11.1 Å². The standard InChI is InChI=1S/C13H16N2O/c14-8-7-11-4-1-2-6-13(11)16-10-12-5-3-9-15-12/h1-6,9,15H,7-8,10,14H2. The Labute approximate surface area is 95.2 Å². The van der Waals surface area contributed by atoms with Gasteiger partial charge in [-0.25, -0.2) is 0 Å². The zero-order valence-corrected chi connectivity index (χ0v) is 9.15. The number of aromatic nitrogens is 1. The van der Waals surface area contributed by atoms with Crippen LogP contribution in [0.1, 0.15) is 11.3 Å².